The van der Waals surface area contributed by atoms with Gasteiger partial charge >= 0.3 is 25.0 Å². The number of nitrogens with zero attached hydrogens (tertiary/aromatic N) is 1. The predicted molar refractivity (Wildman–Crippen MR) is 63.5 cm³/mol. The summed E-state index contributed by atoms with van der Waals surface area (Å²) in [6, 6.07) is 0. The molecule has 0 aliphatic carbocycles. The number of thioether (sulfide) groups is 1. The summed E-state index contributed by atoms with van der Waals surface area (Å²) < 4.78 is 5.29. The van der Waals surface area contributed by atoms with E-state index >= 15 is 0 Å². The van der Waals surface area contributed by atoms with Gasteiger partial charge in [-0.2, -0.15) is 5.88 Å². The molecule has 1 heterocycles. The molecule has 1 aliphatic heterocycles. The first-order chi connectivity index (χ1) is 6.79. The van der Waals surface area contributed by atoms with E-state index in [9.17, 15) is 4.79 Å². The molecule has 0 aromatic rings. The maximum atomic E-state index is 11.7. The van der Waals surface area contributed by atoms with Crippen molar-refractivity contribution in [2.75, 3.05) is 6.54 Å². The Morgan fingerprint density at radius 3 is 2.44 bits per heavy atom. The van der Waals surface area contributed by atoms with Crippen molar-refractivity contribution in [1.82, 2.24) is 4.90 Å². The third-order valence-corrected chi connectivity index (χ3v) is 3.53. The number of carbonyl (C=O) groups is 1. The molecule has 1 fully saturated rings. The Labute approximate surface area is 115 Å². The molecule has 1 amide bonds. The van der Waals surface area contributed by atoms with Crippen LogP contribution in [0.1, 0.15) is 34.6 Å². The van der Waals surface area contributed by atoms with Crippen molar-refractivity contribution in [2.45, 2.75) is 45.5 Å². The molecule has 88 valence electrons. The van der Waals surface area contributed by atoms with Crippen LogP contribution < -0.4 is 18.9 Å². The Balaban J connectivity index is 0.00000225. The van der Waals surface area contributed by atoms with Crippen molar-refractivity contribution in [1.29, 1.82) is 0 Å². The molecule has 0 aromatic carbocycles. The van der Waals surface area contributed by atoms with E-state index in [-0.39, 0.29) is 25.0 Å². The van der Waals surface area contributed by atoms with Gasteiger partial charge in [-0.15, -0.1) is 0 Å². The third kappa shape index (κ3) is 5.03. The van der Waals surface area contributed by atoms with Crippen LogP contribution in [0.15, 0.2) is 0 Å². The molecule has 5 heteroatoms. The van der Waals surface area contributed by atoms with E-state index in [1.54, 1.807) is 16.7 Å². The van der Waals surface area contributed by atoms with Crippen LogP contribution in [0, 0.1) is 11.8 Å². The van der Waals surface area contributed by atoms with Crippen molar-refractivity contribution in [2.24, 2.45) is 5.92 Å². The molecule has 1 atom stereocenters. The zero-order valence-electron chi connectivity index (χ0n) is 11.1. The second-order valence-electron chi connectivity index (χ2n) is 5.16. The summed E-state index contributed by atoms with van der Waals surface area (Å²) in [6.45, 7) is 10.8. The van der Waals surface area contributed by atoms with Gasteiger partial charge in [0.05, 0.1) is 0 Å². The van der Waals surface area contributed by atoms with Gasteiger partial charge in [0.2, 0.25) is 0 Å². The SMILES string of the molecule is CC(C)[C@@H]1CN(C(=O)OC(C)(C)C)[CH-]S1.[Li+]. The van der Waals surface area contributed by atoms with Crippen LogP contribution >= 0.6 is 11.8 Å². The summed E-state index contributed by atoms with van der Waals surface area (Å²) in [7, 11) is 0. The fraction of sp³-hybridized carbons (Fsp3) is 0.818. The minimum atomic E-state index is -0.411. The molecular weight excluding hydrogens is 217 g/mol. The van der Waals surface area contributed by atoms with Gasteiger partial charge < -0.3 is 21.4 Å². The van der Waals surface area contributed by atoms with Crippen molar-refractivity contribution in [3.8, 4) is 0 Å². The van der Waals surface area contributed by atoms with E-state index in [2.05, 4.69) is 13.8 Å². The van der Waals surface area contributed by atoms with Gasteiger partial charge in [-0.1, -0.05) is 13.8 Å². The number of carbonyl (C=O) groups excluding carboxylic acids is 1. The molecule has 16 heavy (non-hydrogen) atoms. The van der Waals surface area contributed by atoms with Gasteiger partial charge in [0.25, 0.3) is 0 Å². The zero-order chi connectivity index (χ0) is 11.6. The summed E-state index contributed by atoms with van der Waals surface area (Å²) >= 11 is 1.71. The predicted octanol–water partition coefficient (Wildman–Crippen LogP) is 0.118. The summed E-state index contributed by atoms with van der Waals surface area (Å²) in [4.78, 5) is 13.4. The number of ether oxygens (including phenoxy) is 1. The van der Waals surface area contributed by atoms with E-state index < -0.39 is 5.60 Å². The summed E-state index contributed by atoms with van der Waals surface area (Å²) in [5.74, 6) is 2.46. The van der Waals surface area contributed by atoms with Gasteiger partial charge in [0.15, 0.2) is 0 Å². The largest absolute Gasteiger partial charge is 1.00 e. The first kappa shape index (κ1) is 16.2. The van der Waals surface area contributed by atoms with E-state index in [0.29, 0.717) is 11.2 Å². The fourth-order valence-electron chi connectivity index (χ4n) is 1.24. The molecule has 0 bridgehead atoms. The maximum Gasteiger partial charge on any atom is 1.00 e. The smallest absolute Gasteiger partial charge is 0.447 e. The second kappa shape index (κ2) is 6.23. The number of rotatable bonds is 1. The minimum Gasteiger partial charge on any atom is -0.447 e. The van der Waals surface area contributed by atoms with E-state index in [1.165, 1.54) is 0 Å². The van der Waals surface area contributed by atoms with E-state index in [4.69, 9.17) is 4.74 Å². The van der Waals surface area contributed by atoms with Gasteiger partial charge in [-0.25, -0.2) is 4.79 Å². The quantitative estimate of drug-likeness (QED) is 0.479. The fourth-order valence-corrected chi connectivity index (χ4v) is 2.27. The molecule has 0 saturated carbocycles. The standard InChI is InChI=1S/C11H20NO2S.Li/c1-8(2)9-6-12(7-15-9)10(13)14-11(3,4)5;/h7-9H,6H2,1-5H3;/q-1;+1/t9-;/m0./s1. The van der Waals surface area contributed by atoms with Gasteiger partial charge in [-0.3, -0.25) is 0 Å². The van der Waals surface area contributed by atoms with Gasteiger partial charge in [0, 0.05) is 6.54 Å². The second-order valence-corrected chi connectivity index (χ2v) is 6.25. The van der Waals surface area contributed by atoms with E-state index in [1.807, 2.05) is 26.6 Å². The van der Waals surface area contributed by atoms with Crippen LogP contribution in [0.25, 0.3) is 0 Å². The van der Waals surface area contributed by atoms with Crippen LogP contribution in [0.4, 0.5) is 4.79 Å². The number of amides is 1. The number of hydrogen-bond donors (Lipinski definition) is 0. The van der Waals surface area contributed by atoms with Crippen LogP contribution in [0.2, 0.25) is 0 Å². The molecule has 0 aromatic heterocycles. The molecule has 1 saturated heterocycles. The van der Waals surface area contributed by atoms with Gasteiger partial charge in [-0.05, 0) is 31.9 Å². The third-order valence-electron chi connectivity index (χ3n) is 2.11. The average Bonchev–Trinajstić information content (AvgIpc) is 2.47. The van der Waals surface area contributed by atoms with Crippen LogP contribution in [-0.4, -0.2) is 28.4 Å². The zero-order valence-corrected chi connectivity index (χ0v) is 11.9. The molecule has 1 aliphatic rings. The van der Waals surface area contributed by atoms with Gasteiger partial charge in [0.1, 0.15) is 5.60 Å². The molecule has 0 spiro atoms. The molecule has 0 N–H and O–H groups in total. The Kier molecular flexibility index (Phi) is 6.32. The normalized spacial score (nSPS) is 20.9. The van der Waals surface area contributed by atoms with E-state index in [0.717, 1.165) is 6.54 Å². The molecular formula is C11H20LiNO2S. The molecule has 0 radical (unpaired) electrons. The van der Waals surface area contributed by atoms with Crippen molar-refractivity contribution < 1.29 is 28.4 Å². The van der Waals surface area contributed by atoms with Crippen LogP contribution in [0.3, 0.4) is 0 Å². The monoisotopic (exact) mass is 237 g/mol. The van der Waals surface area contributed by atoms with Crippen LogP contribution in [-0.2, 0) is 4.74 Å². The topological polar surface area (TPSA) is 29.5 Å². The van der Waals surface area contributed by atoms with Crippen molar-refractivity contribution in [3.05, 3.63) is 5.88 Å². The minimum absolute atomic E-state index is 0. The molecule has 0 unspecified atom stereocenters. The number of hydrogen-bond acceptors (Lipinski definition) is 3. The summed E-state index contributed by atoms with van der Waals surface area (Å²) in [6.07, 6.45) is -0.238. The average molecular weight is 237 g/mol. The van der Waals surface area contributed by atoms with Crippen LogP contribution in [0.5, 0.6) is 0 Å². The van der Waals surface area contributed by atoms with Crippen molar-refractivity contribution in [3.63, 3.8) is 0 Å². The molecule has 3 nitrogen and oxygen atoms in total. The molecule has 1 rings (SSSR count). The first-order valence-corrected chi connectivity index (χ1v) is 6.22. The Morgan fingerprint density at radius 1 is 1.50 bits per heavy atom. The summed E-state index contributed by atoms with van der Waals surface area (Å²) in [5.41, 5.74) is -0.411. The van der Waals surface area contributed by atoms with Crippen molar-refractivity contribution >= 4 is 17.9 Å². The Bertz CT molecular complexity index is 241. The Morgan fingerprint density at radius 2 is 2.06 bits per heavy atom. The first-order valence-electron chi connectivity index (χ1n) is 5.28. The summed E-state index contributed by atoms with van der Waals surface area (Å²) in [5, 5.41) is 0.498. The Hall–Kier alpha value is 0.217. The maximum absolute atomic E-state index is 11.7.